The molecule has 8 heteroatoms. The van der Waals surface area contributed by atoms with E-state index in [0.717, 1.165) is 12.1 Å². The summed E-state index contributed by atoms with van der Waals surface area (Å²) in [6, 6.07) is 2.85. The highest BCUT2D eigenvalue weighted by molar-refractivity contribution is 5.94. The Hall–Kier alpha value is -2.22. The molecular weight excluding hydrogens is 332 g/mol. The van der Waals surface area contributed by atoms with Crippen LogP contribution in [0, 0.1) is 11.6 Å². The van der Waals surface area contributed by atoms with Gasteiger partial charge in [0.1, 0.15) is 0 Å². The summed E-state index contributed by atoms with van der Waals surface area (Å²) in [6.07, 6.45) is 0.994. The van der Waals surface area contributed by atoms with Crippen LogP contribution in [0.2, 0.25) is 0 Å². The predicted molar refractivity (Wildman–Crippen MR) is 89.2 cm³/mol. The van der Waals surface area contributed by atoms with E-state index in [-0.39, 0.29) is 17.6 Å². The van der Waals surface area contributed by atoms with Crippen LogP contribution in [0.5, 0.6) is 0 Å². The van der Waals surface area contributed by atoms with Crippen molar-refractivity contribution in [2.75, 3.05) is 25.0 Å². The van der Waals surface area contributed by atoms with E-state index in [9.17, 15) is 18.4 Å². The number of amides is 2. The number of ether oxygens (including phenoxy) is 1. The van der Waals surface area contributed by atoms with E-state index in [1.807, 2.05) is 4.90 Å². The number of carbonyl (C=O) groups is 2. The zero-order valence-corrected chi connectivity index (χ0v) is 14.4. The highest BCUT2D eigenvalue weighted by Crippen LogP contribution is 2.17. The fourth-order valence-electron chi connectivity index (χ4n) is 2.76. The molecule has 1 atom stereocenters. The van der Waals surface area contributed by atoms with Crippen LogP contribution in [0.4, 0.5) is 19.3 Å². The van der Waals surface area contributed by atoms with Gasteiger partial charge in [-0.1, -0.05) is 0 Å². The highest BCUT2D eigenvalue weighted by Gasteiger charge is 2.27. The van der Waals surface area contributed by atoms with Gasteiger partial charge in [0.05, 0.1) is 12.6 Å². The number of halogens is 2. The molecule has 25 heavy (non-hydrogen) atoms. The Morgan fingerprint density at radius 2 is 1.96 bits per heavy atom. The number of hydrogen-bond acceptors (Lipinski definition) is 4. The SMILES string of the molecule is CCOC(=O)NC1CCN([C@@H](C)C(=O)Nc2ccc(F)c(F)c2)CC1. The Balaban J connectivity index is 1.82. The minimum atomic E-state index is -1.00. The number of nitrogens with one attached hydrogen (secondary N) is 2. The summed E-state index contributed by atoms with van der Waals surface area (Å²) in [4.78, 5) is 25.7. The summed E-state index contributed by atoms with van der Waals surface area (Å²) in [5.74, 6) is -2.25. The number of benzene rings is 1. The summed E-state index contributed by atoms with van der Waals surface area (Å²) in [6.45, 7) is 5.11. The standard InChI is InChI=1S/C17H23F2N3O3/c1-3-25-17(24)21-12-6-8-22(9-7-12)11(2)16(23)20-13-4-5-14(18)15(19)10-13/h4-5,10-12H,3,6-9H2,1-2H3,(H,20,23)(H,21,24)/t11-/m0/s1. The van der Waals surface area contributed by atoms with Crippen LogP contribution in [-0.2, 0) is 9.53 Å². The lowest BCUT2D eigenvalue weighted by Gasteiger charge is -2.35. The number of likely N-dealkylation sites (tertiary alicyclic amines) is 1. The first-order valence-electron chi connectivity index (χ1n) is 8.34. The van der Waals surface area contributed by atoms with Gasteiger partial charge in [-0.15, -0.1) is 0 Å². The minimum Gasteiger partial charge on any atom is -0.450 e. The average molecular weight is 355 g/mol. The lowest BCUT2D eigenvalue weighted by molar-refractivity contribution is -0.121. The van der Waals surface area contributed by atoms with Crippen LogP contribution in [0.25, 0.3) is 0 Å². The molecule has 1 heterocycles. The van der Waals surface area contributed by atoms with E-state index in [2.05, 4.69) is 10.6 Å². The maximum atomic E-state index is 13.2. The van der Waals surface area contributed by atoms with E-state index >= 15 is 0 Å². The number of hydrogen-bond donors (Lipinski definition) is 2. The molecule has 1 aliphatic rings. The molecule has 0 aromatic heterocycles. The second-order valence-electron chi connectivity index (χ2n) is 5.97. The number of piperidine rings is 1. The number of rotatable bonds is 5. The van der Waals surface area contributed by atoms with Gasteiger partial charge in [-0.3, -0.25) is 9.69 Å². The van der Waals surface area contributed by atoms with Crippen LogP contribution in [0.15, 0.2) is 18.2 Å². The van der Waals surface area contributed by atoms with Crippen molar-refractivity contribution in [2.24, 2.45) is 0 Å². The maximum Gasteiger partial charge on any atom is 0.407 e. The summed E-state index contributed by atoms with van der Waals surface area (Å²) < 4.78 is 31.0. The van der Waals surface area contributed by atoms with Crippen LogP contribution in [-0.4, -0.2) is 48.7 Å². The monoisotopic (exact) mass is 355 g/mol. The van der Waals surface area contributed by atoms with E-state index in [0.29, 0.717) is 32.5 Å². The summed E-state index contributed by atoms with van der Waals surface area (Å²) in [5, 5.41) is 5.38. The Labute approximate surface area is 145 Å². The van der Waals surface area contributed by atoms with Gasteiger partial charge in [-0.2, -0.15) is 0 Å². The third-order valence-corrected chi connectivity index (χ3v) is 4.24. The smallest absolute Gasteiger partial charge is 0.407 e. The molecule has 1 aromatic rings. The van der Waals surface area contributed by atoms with Crippen molar-refractivity contribution in [3.63, 3.8) is 0 Å². The van der Waals surface area contributed by atoms with Crippen LogP contribution in [0.3, 0.4) is 0 Å². The van der Waals surface area contributed by atoms with Gasteiger partial charge in [0.15, 0.2) is 11.6 Å². The van der Waals surface area contributed by atoms with E-state index in [1.165, 1.54) is 6.07 Å². The van der Waals surface area contributed by atoms with Gasteiger partial charge in [0.25, 0.3) is 0 Å². The van der Waals surface area contributed by atoms with Crippen molar-refractivity contribution < 1.29 is 23.1 Å². The Morgan fingerprint density at radius 1 is 1.28 bits per heavy atom. The molecule has 2 amide bonds. The average Bonchev–Trinajstić information content (AvgIpc) is 2.58. The summed E-state index contributed by atoms with van der Waals surface area (Å²) >= 11 is 0. The first kappa shape index (κ1) is 19.1. The van der Waals surface area contributed by atoms with Crippen LogP contribution < -0.4 is 10.6 Å². The Kier molecular flexibility index (Phi) is 6.69. The molecule has 138 valence electrons. The second kappa shape index (κ2) is 8.75. The van der Waals surface area contributed by atoms with Crippen molar-refractivity contribution in [3.8, 4) is 0 Å². The highest BCUT2D eigenvalue weighted by atomic mass is 19.2. The molecule has 1 aliphatic heterocycles. The van der Waals surface area contributed by atoms with Crippen LogP contribution >= 0.6 is 0 Å². The van der Waals surface area contributed by atoms with Crippen LogP contribution in [0.1, 0.15) is 26.7 Å². The predicted octanol–water partition coefficient (Wildman–Crippen LogP) is 2.50. The van der Waals surface area contributed by atoms with E-state index in [4.69, 9.17) is 4.74 Å². The van der Waals surface area contributed by atoms with E-state index in [1.54, 1.807) is 13.8 Å². The van der Waals surface area contributed by atoms with Crippen molar-refractivity contribution in [1.82, 2.24) is 10.2 Å². The fourth-order valence-corrected chi connectivity index (χ4v) is 2.76. The van der Waals surface area contributed by atoms with Crippen molar-refractivity contribution >= 4 is 17.7 Å². The molecular formula is C17H23F2N3O3. The Bertz CT molecular complexity index is 619. The molecule has 0 radical (unpaired) electrons. The number of alkyl carbamates (subject to hydrolysis) is 1. The summed E-state index contributed by atoms with van der Waals surface area (Å²) in [5.41, 5.74) is 0.217. The third kappa shape index (κ3) is 5.38. The van der Waals surface area contributed by atoms with Crippen molar-refractivity contribution in [1.29, 1.82) is 0 Å². The molecule has 2 N–H and O–H groups in total. The molecule has 6 nitrogen and oxygen atoms in total. The van der Waals surface area contributed by atoms with E-state index < -0.39 is 23.8 Å². The van der Waals surface area contributed by atoms with Gasteiger partial charge >= 0.3 is 6.09 Å². The lowest BCUT2D eigenvalue weighted by Crippen LogP contribution is -2.50. The van der Waals surface area contributed by atoms with Crippen molar-refractivity contribution in [3.05, 3.63) is 29.8 Å². The number of carbonyl (C=O) groups excluding carboxylic acids is 2. The normalized spacial score (nSPS) is 17.0. The largest absolute Gasteiger partial charge is 0.450 e. The molecule has 0 aliphatic carbocycles. The van der Waals surface area contributed by atoms with Gasteiger partial charge < -0.3 is 15.4 Å². The molecule has 2 rings (SSSR count). The zero-order chi connectivity index (χ0) is 18.4. The lowest BCUT2D eigenvalue weighted by atomic mass is 10.0. The molecule has 1 fully saturated rings. The topological polar surface area (TPSA) is 70.7 Å². The fraction of sp³-hybridized carbons (Fsp3) is 0.529. The number of anilines is 1. The third-order valence-electron chi connectivity index (χ3n) is 4.24. The quantitative estimate of drug-likeness (QED) is 0.851. The first-order chi connectivity index (χ1) is 11.9. The van der Waals surface area contributed by atoms with Gasteiger partial charge in [0.2, 0.25) is 5.91 Å². The van der Waals surface area contributed by atoms with Gasteiger partial charge in [-0.25, -0.2) is 13.6 Å². The molecule has 0 bridgehead atoms. The molecule has 1 aromatic carbocycles. The molecule has 1 saturated heterocycles. The first-order valence-corrected chi connectivity index (χ1v) is 8.34. The van der Waals surface area contributed by atoms with Crippen molar-refractivity contribution in [2.45, 2.75) is 38.8 Å². The Morgan fingerprint density at radius 3 is 2.56 bits per heavy atom. The summed E-state index contributed by atoms with van der Waals surface area (Å²) in [7, 11) is 0. The molecule has 0 saturated carbocycles. The number of nitrogens with zero attached hydrogens (tertiary/aromatic N) is 1. The maximum absolute atomic E-state index is 13.2. The van der Waals surface area contributed by atoms with Gasteiger partial charge in [0, 0.05) is 30.9 Å². The minimum absolute atomic E-state index is 0.0248. The molecule has 0 unspecified atom stereocenters. The van der Waals surface area contributed by atoms with Gasteiger partial charge in [-0.05, 0) is 38.8 Å². The second-order valence-corrected chi connectivity index (χ2v) is 5.97. The zero-order valence-electron chi connectivity index (χ0n) is 14.4. The molecule has 0 spiro atoms.